The molecule has 0 aliphatic carbocycles. The monoisotopic (exact) mass is 576 g/mol. The maximum absolute atomic E-state index is 13.4. The van der Waals surface area contributed by atoms with Crippen LogP contribution in [0.5, 0.6) is 0 Å². The van der Waals surface area contributed by atoms with Gasteiger partial charge in [0.05, 0.1) is 17.2 Å². The molecule has 1 atom stereocenters. The molecule has 0 saturated heterocycles. The van der Waals surface area contributed by atoms with E-state index in [-0.39, 0.29) is 29.6 Å². The first-order valence-corrected chi connectivity index (χ1v) is 14.0. The molecule has 11 heteroatoms. The first-order chi connectivity index (χ1) is 18.5. The predicted octanol–water partition coefficient (Wildman–Crippen LogP) is 5.59. The highest BCUT2D eigenvalue weighted by Crippen LogP contribution is 2.31. The number of carbonyl (C=O) groups excluding carboxylic acids is 2. The minimum atomic E-state index is -4.49. The summed E-state index contributed by atoms with van der Waals surface area (Å²) in [4.78, 5) is 25.7. The summed E-state index contributed by atoms with van der Waals surface area (Å²) in [5, 5.41) is 5.11. The van der Waals surface area contributed by atoms with Crippen LogP contribution in [0.15, 0.2) is 72.8 Å². The van der Waals surface area contributed by atoms with Gasteiger partial charge < -0.3 is 10.6 Å². The Morgan fingerprint density at radius 2 is 1.40 bits per heavy atom. The van der Waals surface area contributed by atoms with Crippen LogP contribution in [0.4, 0.5) is 18.9 Å². The zero-order chi connectivity index (χ0) is 29.7. The minimum absolute atomic E-state index is 0.103. The van der Waals surface area contributed by atoms with E-state index in [4.69, 9.17) is 4.55 Å². The Hall–Kier alpha value is -3.70. The summed E-state index contributed by atoms with van der Waals surface area (Å²) >= 11 is 0. The van der Waals surface area contributed by atoms with Crippen LogP contribution in [0.1, 0.15) is 59.3 Å². The van der Waals surface area contributed by atoms with E-state index >= 15 is 0 Å². The highest BCUT2D eigenvalue weighted by atomic mass is 32.2. The number of carbonyl (C=O) groups is 2. The van der Waals surface area contributed by atoms with Crippen molar-refractivity contribution in [2.75, 3.05) is 17.6 Å². The van der Waals surface area contributed by atoms with Gasteiger partial charge in [0.25, 0.3) is 16.0 Å². The fourth-order valence-corrected chi connectivity index (χ4v) is 4.33. The van der Waals surface area contributed by atoms with Gasteiger partial charge in [-0.25, -0.2) is 0 Å². The lowest BCUT2D eigenvalue weighted by Gasteiger charge is -2.22. The second-order valence-corrected chi connectivity index (χ2v) is 12.0. The van der Waals surface area contributed by atoms with E-state index in [1.54, 1.807) is 12.1 Å². The number of rotatable bonds is 9. The number of anilines is 1. The molecular weight excluding hydrogens is 545 g/mol. The number of amides is 2. The lowest BCUT2D eigenvalue weighted by Crippen LogP contribution is -2.28. The van der Waals surface area contributed by atoms with Crippen molar-refractivity contribution in [3.63, 3.8) is 0 Å². The van der Waals surface area contributed by atoms with Crippen molar-refractivity contribution in [1.82, 2.24) is 5.32 Å². The molecule has 0 spiro atoms. The lowest BCUT2D eigenvalue weighted by atomic mass is 9.84. The molecular formula is C29H31F3N2O5S. The normalized spacial score (nSPS) is 13.0. The molecule has 3 rings (SSSR count). The Balaban J connectivity index is 1.81. The fourth-order valence-electron chi connectivity index (χ4n) is 3.97. The third-order valence-corrected chi connectivity index (χ3v) is 7.00. The first-order valence-electron chi connectivity index (χ1n) is 12.4. The van der Waals surface area contributed by atoms with Crippen molar-refractivity contribution in [1.29, 1.82) is 0 Å². The van der Waals surface area contributed by atoms with Crippen molar-refractivity contribution < 1.29 is 35.7 Å². The third-order valence-electron chi connectivity index (χ3n) is 6.28. The maximum Gasteiger partial charge on any atom is 0.416 e. The second-order valence-electron chi connectivity index (χ2n) is 10.4. The molecule has 3 aromatic rings. The van der Waals surface area contributed by atoms with Crippen LogP contribution >= 0.6 is 0 Å². The predicted molar refractivity (Wildman–Crippen MR) is 147 cm³/mol. The second kappa shape index (κ2) is 12.2. The number of alkyl halides is 3. The molecule has 214 valence electrons. The Morgan fingerprint density at radius 3 is 1.90 bits per heavy atom. The highest BCUT2D eigenvalue weighted by molar-refractivity contribution is 7.85. The number of hydrogen-bond acceptors (Lipinski definition) is 4. The van der Waals surface area contributed by atoms with Gasteiger partial charge in [0, 0.05) is 17.8 Å². The SMILES string of the molecule is CC(C)(C)c1ccc(C(Cc2ccc(C(=O)NCCS(=O)(=O)O)cc2)C(=O)Nc2ccc(C(F)(F)F)cc2)cc1. The van der Waals surface area contributed by atoms with Crippen LogP contribution in [0.25, 0.3) is 0 Å². The largest absolute Gasteiger partial charge is 0.416 e. The van der Waals surface area contributed by atoms with Crippen LogP contribution in [0, 0.1) is 0 Å². The van der Waals surface area contributed by atoms with E-state index in [9.17, 15) is 31.2 Å². The standard InChI is InChI=1S/C29H31F3N2O5S/c1-28(2,3)22-10-8-20(9-11-22)25(27(36)34-24-14-12-23(13-15-24)29(30,31)32)18-19-4-6-21(7-5-19)26(35)33-16-17-40(37,38)39/h4-15,25H,16-18H2,1-3H3,(H,33,35)(H,34,36)(H,37,38,39). The molecule has 2 amide bonds. The molecule has 0 aliphatic rings. The van der Waals surface area contributed by atoms with Crippen molar-refractivity contribution >= 4 is 27.6 Å². The molecule has 0 heterocycles. The molecule has 0 radical (unpaired) electrons. The van der Waals surface area contributed by atoms with E-state index in [0.717, 1.165) is 23.3 Å². The molecule has 40 heavy (non-hydrogen) atoms. The van der Waals surface area contributed by atoms with Gasteiger partial charge >= 0.3 is 6.18 Å². The molecule has 0 fully saturated rings. The van der Waals surface area contributed by atoms with E-state index in [1.165, 1.54) is 24.3 Å². The molecule has 0 saturated carbocycles. The average molecular weight is 577 g/mol. The summed E-state index contributed by atoms with van der Waals surface area (Å²) in [5.74, 6) is -2.23. The van der Waals surface area contributed by atoms with Gasteiger partial charge in [-0.2, -0.15) is 21.6 Å². The number of halogens is 3. The van der Waals surface area contributed by atoms with Crippen LogP contribution in [-0.2, 0) is 32.9 Å². The Bertz CT molecular complexity index is 1430. The van der Waals surface area contributed by atoms with Crippen LogP contribution in [0.2, 0.25) is 0 Å². The quantitative estimate of drug-likeness (QED) is 0.288. The topological polar surface area (TPSA) is 113 Å². The summed E-state index contributed by atoms with van der Waals surface area (Å²) < 4.78 is 69.3. The molecule has 7 nitrogen and oxygen atoms in total. The van der Waals surface area contributed by atoms with Crippen LogP contribution in [0.3, 0.4) is 0 Å². The molecule has 3 N–H and O–H groups in total. The van der Waals surface area contributed by atoms with E-state index in [0.29, 0.717) is 5.56 Å². The van der Waals surface area contributed by atoms with Gasteiger partial charge in [-0.05, 0) is 64.9 Å². The number of benzene rings is 3. The zero-order valence-corrected chi connectivity index (χ0v) is 23.1. The maximum atomic E-state index is 13.4. The summed E-state index contributed by atoms with van der Waals surface area (Å²) in [6, 6.07) is 18.2. The van der Waals surface area contributed by atoms with Gasteiger partial charge in [0.2, 0.25) is 5.91 Å². The lowest BCUT2D eigenvalue weighted by molar-refractivity contribution is -0.137. The molecule has 0 aliphatic heterocycles. The van der Waals surface area contributed by atoms with Crippen molar-refractivity contribution in [2.24, 2.45) is 0 Å². The summed E-state index contributed by atoms with van der Waals surface area (Å²) in [5.41, 5.74) is 2.08. The number of nitrogens with one attached hydrogen (secondary N) is 2. The Labute approximate surface area is 231 Å². The highest BCUT2D eigenvalue weighted by Gasteiger charge is 2.30. The molecule has 3 aromatic carbocycles. The minimum Gasteiger partial charge on any atom is -0.351 e. The average Bonchev–Trinajstić information content (AvgIpc) is 2.86. The molecule has 1 unspecified atom stereocenters. The summed E-state index contributed by atoms with van der Waals surface area (Å²) in [6.07, 6.45) is -4.24. The van der Waals surface area contributed by atoms with Gasteiger partial charge in [-0.1, -0.05) is 57.2 Å². The van der Waals surface area contributed by atoms with Crippen molar-refractivity contribution in [2.45, 2.75) is 44.7 Å². The van der Waals surface area contributed by atoms with Gasteiger partial charge in [0.1, 0.15) is 0 Å². The summed E-state index contributed by atoms with van der Waals surface area (Å²) in [7, 11) is -4.20. The van der Waals surface area contributed by atoms with E-state index < -0.39 is 45.3 Å². The third kappa shape index (κ3) is 8.92. The van der Waals surface area contributed by atoms with Crippen molar-refractivity contribution in [3.05, 3.63) is 101 Å². The van der Waals surface area contributed by atoms with Crippen molar-refractivity contribution in [3.8, 4) is 0 Å². The molecule has 0 bridgehead atoms. The van der Waals surface area contributed by atoms with Gasteiger partial charge in [0.15, 0.2) is 0 Å². The van der Waals surface area contributed by atoms with Gasteiger partial charge in [-0.15, -0.1) is 0 Å². The zero-order valence-electron chi connectivity index (χ0n) is 22.2. The summed E-state index contributed by atoms with van der Waals surface area (Å²) in [6.45, 7) is 5.95. The van der Waals surface area contributed by atoms with Crippen LogP contribution < -0.4 is 10.6 Å². The number of hydrogen-bond donors (Lipinski definition) is 3. The van der Waals surface area contributed by atoms with E-state index in [2.05, 4.69) is 31.4 Å². The van der Waals surface area contributed by atoms with Gasteiger partial charge in [-0.3, -0.25) is 14.1 Å². The fraction of sp³-hybridized carbons (Fsp3) is 0.310. The molecule has 0 aromatic heterocycles. The smallest absolute Gasteiger partial charge is 0.351 e. The van der Waals surface area contributed by atoms with Crippen LogP contribution in [-0.4, -0.2) is 37.1 Å². The first kappa shape index (κ1) is 30.8. The Kier molecular flexibility index (Phi) is 9.42. The van der Waals surface area contributed by atoms with E-state index in [1.807, 2.05) is 24.3 Å². The Morgan fingerprint density at radius 1 is 0.850 bits per heavy atom.